The van der Waals surface area contributed by atoms with E-state index in [-0.39, 0.29) is 0 Å². The molecule has 1 rings (SSSR count). The molecule has 0 aliphatic carbocycles. The van der Waals surface area contributed by atoms with Crippen LogP contribution in [0.2, 0.25) is 0 Å². The Hall–Kier alpha value is -0.540. The van der Waals surface area contributed by atoms with Gasteiger partial charge in [-0.05, 0) is 72.3 Å². The Kier molecular flexibility index (Phi) is 4.61. The van der Waals surface area contributed by atoms with Crippen molar-refractivity contribution in [2.45, 2.75) is 33.1 Å². The van der Waals surface area contributed by atoms with Gasteiger partial charge in [0.1, 0.15) is 5.75 Å². The number of halogens is 1. The van der Waals surface area contributed by atoms with Gasteiger partial charge in [-0.25, -0.2) is 0 Å². The lowest BCUT2D eigenvalue weighted by Gasteiger charge is -2.11. The minimum atomic E-state index is 0.384. The van der Waals surface area contributed by atoms with Gasteiger partial charge in [0, 0.05) is 0 Å². The van der Waals surface area contributed by atoms with Gasteiger partial charge in [0.25, 0.3) is 0 Å². The fraction of sp³-hybridized carbons (Fsp3) is 0.500. The molecule has 0 fully saturated rings. The molecule has 0 amide bonds. The predicted octanol–water partition coefficient (Wildman–Crippen LogP) is 3.05. The second-order valence-electron chi connectivity index (χ2n) is 3.89. The van der Waals surface area contributed by atoms with E-state index in [9.17, 15) is 5.11 Å². The molecule has 3 heteroatoms. The monoisotopic (exact) mass is 271 g/mol. The van der Waals surface area contributed by atoms with Crippen LogP contribution in [0.3, 0.4) is 0 Å². The van der Waals surface area contributed by atoms with Gasteiger partial charge in [-0.2, -0.15) is 0 Å². The smallest absolute Gasteiger partial charge is 0.133 e. The summed E-state index contributed by atoms with van der Waals surface area (Å²) in [4.78, 5) is 0. The molecule has 0 saturated heterocycles. The lowest BCUT2D eigenvalue weighted by atomic mass is 10.0. The molecule has 3 N–H and O–H groups in total. The SMILES string of the molecule is Cc1cc(CCCCN)c(O)c(Br)c1C. The number of unbranched alkanes of at least 4 members (excludes halogenated alkanes) is 1. The number of nitrogens with two attached hydrogens (primary N) is 1. The Bertz CT molecular complexity index is 350. The molecule has 0 aliphatic heterocycles. The first-order valence-corrected chi connectivity index (χ1v) is 6.04. The number of hydrogen-bond acceptors (Lipinski definition) is 2. The van der Waals surface area contributed by atoms with Crippen LogP contribution >= 0.6 is 15.9 Å². The Labute approximate surface area is 99.6 Å². The highest BCUT2D eigenvalue weighted by Gasteiger charge is 2.10. The molecule has 0 spiro atoms. The van der Waals surface area contributed by atoms with Gasteiger partial charge in [-0.1, -0.05) is 6.07 Å². The predicted molar refractivity (Wildman–Crippen MR) is 67.3 cm³/mol. The summed E-state index contributed by atoms with van der Waals surface area (Å²) in [5.41, 5.74) is 8.77. The lowest BCUT2D eigenvalue weighted by Crippen LogP contribution is -1.99. The van der Waals surface area contributed by atoms with Gasteiger partial charge in [-0.3, -0.25) is 0 Å². The number of rotatable bonds is 4. The van der Waals surface area contributed by atoms with Crippen molar-refractivity contribution in [3.05, 3.63) is 27.2 Å². The van der Waals surface area contributed by atoms with Gasteiger partial charge < -0.3 is 10.8 Å². The molecule has 0 bridgehead atoms. The zero-order valence-corrected chi connectivity index (χ0v) is 10.9. The molecule has 84 valence electrons. The molecule has 0 heterocycles. The standard InChI is InChI=1S/C12H18BrNO/c1-8-7-10(5-3-4-6-14)12(15)11(13)9(8)2/h7,15H,3-6,14H2,1-2H3. The Balaban J connectivity index is 2.89. The second-order valence-corrected chi connectivity index (χ2v) is 4.68. The third-order valence-corrected chi connectivity index (χ3v) is 3.69. The van der Waals surface area contributed by atoms with E-state index in [1.807, 2.05) is 6.92 Å². The normalized spacial score (nSPS) is 10.7. The Morgan fingerprint density at radius 2 is 2.00 bits per heavy atom. The fourth-order valence-electron chi connectivity index (χ4n) is 1.58. The average Bonchev–Trinajstić information content (AvgIpc) is 2.23. The largest absolute Gasteiger partial charge is 0.506 e. The van der Waals surface area contributed by atoms with Crippen LogP contribution < -0.4 is 5.73 Å². The van der Waals surface area contributed by atoms with Crippen molar-refractivity contribution in [2.75, 3.05) is 6.54 Å². The summed E-state index contributed by atoms with van der Waals surface area (Å²) in [6.45, 7) is 4.78. The van der Waals surface area contributed by atoms with E-state index in [4.69, 9.17) is 5.73 Å². The maximum atomic E-state index is 9.92. The van der Waals surface area contributed by atoms with Crippen LogP contribution in [0.25, 0.3) is 0 Å². The first-order chi connectivity index (χ1) is 7.07. The number of aromatic hydroxyl groups is 1. The number of aryl methyl sites for hydroxylation is 2. The van der Waals surface area contributed by atoms with Crippen molar-refractivity contribution in [1.82, 2.24) is 0 Å². The van der Waals surface area contributed by atoms with Gasteiger partial charge in [0.2, 0.25) is 0 Å². The first-order valence-electron chi connectivity index (χ1n) is 5.25. The minimum absolute atomic E-state index is 0.384. The maximum absolute atomic E-state index is 9.92. The van der Waals surface area contributed by atoms with Crippen LogP contribution in [0.5, 0.6) is 5.75 Å². The molecule has 0 unspecified atom stereocenters. The molecule has 0 radical (unpaired) electrons. The van der Waals surface area contributed by atoms with Crippen molar-refractivity contribution >= 4 is 15.9 Å². The van der Waals surface area contributed by atoms with Crippen LogP contribution in [0, 0.1) is 13.8 Å². The summed E-state index contributed by atoms with van der Waals surface area (Å²) in [5, 5.41) is 9.92. The van der Waals surface area contributed by atoms with E-state index in [1.165, 1.54) is 5.56 Å². The highest BCUT2D eigenvalue weighted by Crippen LogP contribution is 2.33. The minimum Gasteiger partial charge on any atom is -0.506 e. The van der Waals surface area contributed by atoms with Gasteiger partial charge in [-0.15, -0.1) is 0 Å². The number of phenolic OH excluding ortho intramolecular Hbond substituents is 1. The fourth-order valence-corrected chi connectivity index (χ4v) is 2.15. The van der Waals surface area contributed by atoms with E-state index in [2.05, 4.69) is 28.9 Å². The number of phenols is 1. The van der Waals surface area contributed by atoms with E-state index in [1.54, 1.807) is 0 Å². The molecule has 2 nitrogen and oxygen atoms in total. The zero-order chi connectivity index (χ0) is 11.4. The van der Waals surface area contributed by atoms with Crippen LogP contribution in [0.1, 0.15) is 29.5 Å². The molecule has 1 aromatic rings. The molecular formula is C12H18BrNO. The van der Waals surface area contributed by atoms with Crippen molar-refractivity contribution in [3.63, 3.8) is 0 Å². The highest BCUT2D eigenvalue weighted by molar-refractivity contribution is 9.10. The van der Waals surface area contributed by atoms with Crippen molar-refractivity contribution in [2.24, 2.45) is 5.73 Å². The van der Waals surface area contributed by atoms with E-state index >= 15 is 0 Å². The summed E-state index contributed by atoms with van der Waals surface area (Å²) in [6, 6.07) is 2.06. The third-order valence-electron chi connectivity index (χ3n) is 2.72. The van der Waals surface area contributed by atoms with Crippen LogP contribution in [0.4, 0.5) is 0 Å². The van der Waals surface area contributed by atoms with Crippen molar-refractivity contribution in [3.8, 4) is 5.75 Å². The number of benzene rings is 1. The molecule has 0 atom stereocenters. The highest BCUT2D eigenvalue weighted by atomic mass is 79.9. The van der Waals surface area contributed by atoms with Gasteiger partial charge in [0.05, 0.1) is 4.47 Å². The number of hydrogen-bond donors (Lipinski definition) is 2. The van der Waals surface area contributed by atoms with Gasteiger partial charge in [0.15, 0.2) is 0 Å². The molecule has 0 aromatic heterocycles. The summed E-state index contributed by atoms with van der Waals surface area (Å²) >= 11 is 3.42. The zero-order valence-electron chi connectivity index (χ0n) is 9.31. The molecule has 1 aromatic carbocycles. The van der Waals surface area contributed by atoms with Crippen molar-refractivity contribution in [1.29, 1.82) is 0 Å². The lowest BCUT2D eigenvalue weighted by molar-refractivity contribution is 0.462. The van der Waals surface area contributed by atoms with Gasteiger partial charge >= 0.3 is 0 Å². The topological polar surface area (TPSA) is 46.2 Å². The van der Waals surface area contributed by atoms with Crippen LogP contribution in [-0.2, 0) is 6.42 Å². The summed E-state index contributed by atoms with van der Waals surface area (Å²) < 4.78 is 0.824. The van der Waals surface area contributed by atoms with Crippen molar-refractivity contribution < 1.29 is 5.11 Å². The first kappa shape index (κ1) is 12.5. The Morgan fingerprint density at radius 1 is 1.33 bits per heavy atom. The van der Waals surface area contributed by atoms with Crippen LogP contribution in [-0.4, -0.2) is 11.7 Å². The van der Waals surface area contributed by atoms with E-state index in [0.29, 0.717) is 12.3 Å². The maximum Gasteiger partial charge on any atom is 0.133 e. The molecule has 15 heavy (non-hydrogen) atoms. The Morgan fingerprint density at radius 3 is 2.60 bits per heavy atom. The van der Waals surface area contributed by atoms with Crippen LogP contribution in [0.15, 0.2) is 10.5 Å². The molecule has 0 saturated carbocycles. The second kappa shape index (κ2) is 5.52. The third kappa shape index (κ3) is 2.95. The summed E-state index contributed by atoms with van der Waals surface area (Å²) in [7, 11) is 0. The molecule has 0 aliphatic rings. The molecular weight excluding hydrogens is 254 g/mol. The quantitative estimate of drug-likeness (QED) is 0.827. The summed E-state index contributed by atoms with van der Waals surface area (Å²) in [5.74, 6) is 0.384. The summed E-state index contributed by atoms with van der Waals surface area (Å²) in [6.07, 6.45) is 2.92. The van der Waals surface area contributed by atoms with E-state index < -0.39 is 0 Å². The van der Waals surface area contributed by atoms with E-state index in [0.717, 1.165) is 34.9 Å². The average molecular weight is 272 g/mol.